The molecule has 6 N–H and O–H groups in total. The van der Waals surface area contributed by atoms with Crippen molar-refractivity contribution in [1.29, 1.82) is 0 Å². The van der Waals surface area contributed by atoms with Gasteiger partial charge in [0.15, 0.2) is 0 Å². The van der Waals surface area contributed by atoms with Gasteiger partial charge in [-0.05, 0) is 19.3 Å². The first kappa shape index (κ1) is 70.4. The molecular weight excluding hydrogens is 753 g/mol. The third-order valence-corrected chi connectivity index (χ3v) is 6.64. The zero-order valence-electron chi connectivity index (χ0n) is 31.8. The standard InChI is InChI=1S/C12H26O4S.C8H18O4S.C8H18O3.3Na.H2O4Si.H2O/c1-2-3-4-5-6-7-8-9-10-11-12-16-17(13,14)15;1-2-3-4-5-6-7-8-12-13(9,10)11;1-2-3-5-10-7-8-11-6-4-9;;;;1-5(2,3)4;/h2-12H2,1H3,(H,13,14,15);2-8H2,1H3,(H,9,10,11);9H,2-8H2,1H3;;;;1-2H;1H2/q;;;3*+1;-2;/p-1. The SMILES string of the molecule is CCCCCCCCCCCCOS(=O)(=O)O.CCCCCCCCOS(=O)(=O)O.CCCCOCCOCCO.[Na+].[Na+].[Na+].[O-][Si]([O-])(O)O.[OH-]. The molecular formula is C28H65Na3O16S2Si. The van der Waals surface area contributed by atoms with E-state index in [9.17, 15) is 16.8 Å². The van der Waals surface area contributed by atoms with E-state index in [2.05, 4.69) is 29.1 Å². The molecule has 0 unspecified atom stereocenters. The first-order valence-electron chi connectivity index (χ1n) is 16.4. The molecule has 0 amide bonds. The fourth-order valence-electron chi connectivity index (χ4n) is 3.43. The van der Waals surface area contributed by atoms with Gasteiger partial charge >= 0.3 is 109 Å². The topological polar surface area (TPSA) is 282 Å². The van der Waals surface area contributed by atoms with Crippen molar-refractivity contribution in [2.45, 2.75) is 136 Å². The third kappa shape index (κ3) is 104. The number of hydrogen-bond donors (Lipinski definition) is 5. The van der Waals surface area contributed by atoms with Crippen LogP contribution < -0.4 is 98.3 Å². The molecule has 0 bridgehead atoms. The normalized spacial score (nSPS) is 10.6. The van der Waals surface area contributed by atoms with Crippen molar-refractivity contribution < 1.29 is 162 Å². The van der Waals surface area contributed by atoms with E-state index in [1.807, 2.05) is 0 Å². The maximum Gasteiger partial charge on any atom is 1.00 e. The Labute approximate surface area is 370 Å². The molecule has 0 atom stereocenters. The van der Waals surface area contributed by atoms with Crippen molar-refractivity contribution in [3.05, 3.63) is 0 Å². The summed E-state index contributed by atoms with van der Waals surface area (Å²) < 4.78 is 75.8. The minimum absolute atomic E-state index is 0. The Kier molecular flexibility index (Phi) is 75.7. The summed E-state index contributed by atoms with van der Waals surface area (Å²) in [6.07, 6.45) is 20.5. The monoisotopic (exact) mass is 818 g/mol. The largest absolute Gasteiger partial charge is 1.00 e. The fourth-order valence-corrected chi connectivity index (χ4v) is 4.09. The van der Waals surface area contributed by atoms with E-state index in [-0.39, 0.29) is 114 Å². The van der Waals surface area contributed by atoms with Crippen LogP contribution in [0.1, 0.15) is 136 Å². The Balaban J connectivity index is -0.0000000808. The van der Waals surface area contributed by atoms with E-state index in [0.29, 0.717) is 32.7 Å². The Bertz CT molecular complexity index is 784. The number of rotatable bonds is 28. The van der Waals surface area contributed by atoms with Crippen LogP contribution in [0.5, 0.6) is 0 Å². The van der Waals surface area contributed by atoms with Gasteiger partial charge in [0.25, 0.3) is 0 Å². The van der Waals surface area contributed by atoms with Crippen LogP contribution in [-0.2, 0) is 38.6 Å². The first-order valence-corrected chi connectivity index (χ1v) is 20.8. The first-order chi connectivity index (χ1) is 21.5. The van der Waals surface area contributed by atoms with Crippen molar-refractivity contribution in [3.8, 4) is 0 Å². The van der Waals surface area contributed by atoms with Crippen LogP contribution in [0.3, 0.4) is 0 Å². The zero-order chi connectivity index (χ0) is 36.0. The summed E-state index contributed by atoms with van der Waals surface area (Å²) in [5, 5.41) is 8.34. The molecule has 0 aromatic carbocycles. The maximum absolute atomic E-state index is 10.2. The van der Waals surface area contributed by atoms with Crippen LogP contribution in [0.2, 0.25) is 0 Å². The molecule has 22 heteroatoms. The van der Waals surface area contributed by atoms with Crippen molar-refractivity contribution in [2.75, 3.05) is 46.2 Å². The van der Waals surface area contributed by atoms with Gasteiger partial charge in [-0.3, -0.25) is 9.11 Å². The van der Waals surface area contributed by atoms with Gasteiger partial charge < -0.3 is 39.2 Å². The van der Waals surface area contributed by atoms with Gasteiger partial charge in [0.2, 0.25) is 0 Å². The summed E-state index contributed by atoms with van der Waals surface area (Å²) in [6.45, 7) is 9.22. The second-order valence-electron chi connectivity index (χ2n) is 10.3. The molecule has 0 saturated carbocycles. The van der Waals surface area contributed by atoms with Gasteiger partial charge in [-0.25, -0.2) is 8.37 Å². The van der Waals surface area contributed by atoms with Gasteiger partial charge in [-0.1, -0.05) is 117 Å². The number of hydrogen-bond acceptors (Lipinski definition) is 14. The van der Waals surface area contributed by atoms with Crippen molar-refractivity contribution in [3.63, 3.8) is 0 Å². The molecule has 0 heterocycles. The van der Waals surface area contributed by atoms with Gasteiger partial charge in [0.1, 0.15) is 9.05 Å². The Morgan fingerprint density at radius 2 is 0.740 bits per heavy atom. The summed E-state index contributed by atoms with van der Waals surface area (Å²) in [4.78, 5) is 31.8. The van der Waals surface area contributed by atoms with Crippen LogP contribution >= 0.6 is 0 Å². The molecule has 0 aromatic heterocycles. The fraction of sp³-hybridized carbons (Fsp3) is 1.00. The molecule has 50 heavy (non-hydrogen) atoms. The maximum atomic E-state index is 10.2. The zero-order valence-corrected chi connectivity index (χ0v) is 40.4. The molecule has 0 aliphatic rings. The molecule has 16 nitrogen and oxygen atoms in total. The minimum Gasteiger partial charge on any atom is -0.870 e. The van der Waals surface area contributed by atoms with Crippen LogP contribution in [0.4, 0.5) is 0 Å². The van der Waals surface area contributed by atoms with E-state index < -0.39 is 29.8 Å². The van der Waals surface area contributed by atoms with E-state index in [4.69, 9.17) is 42.9 Å². The quantitative estimate of drug-likeness (QED) is 0.0279. The Hall–Kier alpha value is 2.64. The Morgan fingerprint density at radius 3 is 1.00 bits per heavy atom. The summed E-state index contributed by atoms with van der Waals surface area (Å²) in [5.41, 5.74) is 0. The van der Waals surface area contributed by atoms with E-state index >= 15 is 0 Å². The van der Waals surface area contributed by atoms with Crippen LogP contribution in [0.25, 0.3) is 0 Å². The molecule has 0 radical (unpaired) electrons. The molecule has 0 rings (SSSR count). The molecule has 0 aliphatic heterocycles. The summed E-state index contributed by atoms with van der Waals surface area (Å²) in [5.74, 6) is 0. The molecule has 0 aromatic rings. The summed E-state index contributed by atoms with van der Waals surface area (Å²) in [6, 6.07) is 0. The van der Waals surface area contributed by atoms with Crippen LogP contribution in [0, 0.1) is 0 Å². The van der Waals surface area contributed by atoms with Gasteiger partial charge in [0.05, 0.1) is 39.6 Å². The summed E-state index contributed by atoms with van der Waals surface area (Å²) >= 11 is 0. The van der Waals surface area contributed by atoms with Crippen molar-refractivity contribution in [2.24, 2.45) is 0 Å². The average molecular weight is 819 g/mol. The van der Waals surface area contributed by atoms with Gasteiger partial charge in [-0.15, -0.1) is 0 Å². The average Bonchev–Trinajstić information content (AvgIpc) is 2.94. The molecule has 0 fully saturated rings. The number of aliphatic hydroxyl groups excluding tert-OH is 1. The van der Waals surface area contributed by atoms with Crippen molar-refractivity contribution in [1.82, 2.24) is 0 Å². The van der Waals surface area contributed by atoms with Gasteiger partial charge in [-0.2, -0.15) is 16.8 Å². The van der Waals surface area contributed by atoms with Gasteiger partial charge in [0, 0.05) is 6.61 Å². The van der Waals surface area contributed by atoms with Crippen LogP contribution in [0.15, 0.2) is 0 Å². The molecule has 292 valence electrons. The predicted octanol–water partition coefficient (Wildman–Crippen LogP) is -6.33. The minimum atomic E-state index is -5.11. The number of unbranched alkanes of at least 4 members (excludes halogenated alkanes) is 15. The smallest absolute Gasteiger partial charge is 0.870 e. The van der Waals surface area contributed by atoms with E-state index in [0.717, 1.165) is 45.1 Å². The Morgan fingerprint density at radius 1 is 0.480 bits per heavy atom. The third-order valence-electron chi connectivity index (χ3n) is 5.71. The van der Waals surface area contributed by atoms with E-state index in [1.54, 1.807) is 0 Å². The molecule has 0 aliphatic carbocycles. The molecule has 0 saturated heterocycles. The predicted molar refractivity (Wildman–Crippen MR) is 176 cm³/mol. The molecule has 0 spiro atoms. The van der Waals surface area contributed by atoms with Crippen molar-refractivity contribution >= 4 is 29.8 Å². The summed E-state index contributed by atoms with van der Waals surface area (Å²) in [7, 11) is -13.6. The number of ether oxygens (including phenoxy) is 2. The van der Waals surface area contributed by atoms with E-state index in [1.165, 1.54) is 64.2 Å². The second kappa shape index (κ2) is 53.7. The number of aliphatic hydroxyl groups is 1. The van der Waals surface area contributed by atoms with Crippen LogP contribution in [-0.4, -0.2) is 101 Å². The second-order valence-corrected chi connectivity index (χ2v) is 13.6.